The number of thioether (sulfide) groups is 1. The molecule has 84 valence electrons. The van der Waals surface area contributed by atoms with Crippen LogP contribution in [0.3, 0.4) is 0 Å². The largest absolute Gasteiger partial charge is 0.310 e. The monoisotopic (exact) mass is 244 g/mol. The summed E-state index contributed by atoms with van der Waals surface area (Å²) >= 11 is 7.71. The molecule has 0 bridgehead atoms. The maximum absolute atomic E-state index is 5.83. The highest BCUT2D eigenvalue weighted by atomic mass is 35.5. The third-order valence-electron chi connectivity index (χ3n) is 2.23. The van der Waals surface area contributed by atoms with Crippen LogP contribution in [0.25, 0.3) is 0 Å². The highest BCUT2D eigenvalue weighted by Crippen LogP contribution is 2.14. The number of halogens is 1. The van der Waals surface area contributed by atoms with Gasteiger partial charge >= 0.3 is 0 Å². The Morgan fingerprint density at radius 1 is 1.60 bits per heavy atom. The van der Waals surface area contributed by atoms with Crippen LogP contribution in [-0.2, 0) is 0 Å². The van der Waals surface area contributed by atoms with Crippen molar-refractivity contribution >= 4 is 23.4 Å². The quantitative estimate of drug-likeness (QED) is 0.615. The normalized spacial score (nSPS) is 12.7. The fraction of sp³-hybridized carbons (Fsp3) is 0.545. The zero-order chi connectivity index (χ0) is 11.1. The average molecular weight is 245 g/mol. The summed E-state index contributed by atoms with van der Waals surface area (Å²) in [7, 11) is 0. The highest BCUT2D eigenvalue weighted by molar-refractivity contribution is 7.98. The molecule has 1 aromatic rings. The minimum atomic E-state index is 0.340. The number of pyridine rings is 1. The van der Waals surface area contributed by atoms with Crippen LogP contribution < -0.4 is 5.32 Å². The van der Waals surface area contributed by atoms with Crippen LogP contribution in [0.4, 0.5) is 0 Å². The minimum absolute atomic E-state index is 0.340. The molecule has 0 aliphatic rings. The Bertz CT molecular complexity index is 294. The van der Waals surface area contributed by atoms with Gasteiger partial charge in [0.15, 0.2) is 0 Å². The van der Waals surface area contributed by atoms with Crippen molar-refractivity contribution in [2.75, 3.05) is 18.6 Å². The van der Waals surface area contributed by atoms with Gasteiger partial charge in [-0.2, -0.15) is 11.8 Å². The molecule has 0 aromatic carbocycles. The smallest absolute Gasteiger partial charge is 0.129 e. The molecular formula is C11H17ClN2S. The summed E-state index contributed by atoms with van der Waals surface area (Å²) in [4.78, 5) is 3.97. The molecule has 1 rings (SSSR count). The first kappa shape index (κ1) is 12.8. The van der Waals surface area contributed by atoms with E-state index in [-0.39, 0.29) is 0 Å². The summed E-state index contributed by atoms with van der Waals surface area (Å²) in [5, 5.41) is 4.02. The van der Waals surface area contributed by atoms with E-state index in [4.69, 9.17) is 11.6 Å². The van der Waals surface area contributed by atoms with Gasteiger partial charge in [-0.1, -0.05) is 11.6 Å². The molecule has 4 heteroatoms. The fourth-order valence-electron chi connectivity index (χ4n) is 1.34. The van der Waals surface area contributed by atoms with Gasteiger partial charge in [-0.25, -0.2) is 4.98 Å². The van der Waals surface area contributed by atoms with E-state index in [2.05, 4.69) is 23.5 Å². The summed E-state index contributed by atoms with van der Waals surface area (Å²) < 4.78 is 0. The molecule has 1 unspecified atom stereocenters. The van der Waals surface area contributed by atoms with Crippen LogP contribution >= 0.6 is 23.4 Å². The fourth-order valence-corrected chi connectivity index (χ4v) is 1.96. The second-order valence-electron chi connectivity index (χ2n) is 3.43. The summed E-state index contributed by atoms with van der Waals surface area (Å²) in [6, 6.07) is 4.25. The van der Waals surface area contributed by atoms with E-state index in [0.29, 0.717) is 11.2 Å². The summed E-state index contributed by atoms with van der Waals surface area (Å²) in [6.07, 6.45) is 5.08. The average Bonchev–Trinajstić information content (AvgIpc) is 2.24. The third kappa shape index (κ3) is 4.87. The molecule has 0 aliphatic heterocycles. The van der Waals surface area contributed by atoms with Crippen molar-refractivity contribution in [2.24, 2.45) is 0 Å². The molecule has 0 radical (unpaired) electrons. The lowest BCUT2D eigenvalue weighted by molar-refractivity contribution is 0.572. The lowest BCUT2D eigenvalue weighted by Gasteiger charge is -2.13. The number of rotatable bonds is 6. The molecule has 0 fully saturated rings. The first-order chi connectivity index (χ1) is 7.24. The Labute approximate surface area is 101 Å². The second kappa shape index (κ2) is 7.09. The molecule has 0 aliphatic carbocycles. The van der Waals surface area contributed by atoms with E-state index in [1.165, 1.54) is 17.7 Å². The minimum Gasteiger partial charge on any atom is -0.310 e. The molecule has 0 amide bonds. The Hall–Kier alpha value is -0.250. The molecule has 0 saturated heterocycles. The lowest BCUT2D eigenvalue weighted by atomic mass is 10.1. The molecule has 2 nitrogen and oxygen atoms in total. The van der Waals surface area contributed by atoms with E-state index in [0.717, 1.165) is 6.54 Å². The summed E-state index contributed by atoms with van der Waals surface area (Å²) in [5.41, 5.74) is 1.19. The maximum atomic E-state index is 5.83. The number of hydrogen-bond acceptors (Lipinski definition) is 3. The van der Waals surface area contributed by atoms with E-state index in [1.807, 2.05) is 23.9 Å². The predicted molar refractivity (Wildman–Crippen MR) is 68.7 cm³/mol. The van der Waals surface area contributed by atoms with Crippen molar-refractivity contribution in [3.63, 3.8) is 0 Å². The topological polar surface area (TPSA) is 24.9 Å². The highest BCUT2D eigenvalue weighted by Gasteiger charge is 2.04. The van der Waals surface area contributed by atoms with Gasteiger partial charge in [-0.15, -0.1) is 0 Å². The molecular weight excluding hydrogens is 228 g/mol. The van der Waals surface area contributed by atoms with Crippen molar-refractivity contribution in [3.8, 4) is 0 Å². The van der Waals surface area contributed by atoms with Gasteiger partial charge in [0.25, 0.3) is 0 Å². The lowest BCUT2D eigenvalue weighted by Crippen LogP contribution is -2.20. The van der Waals surface area contributed by atoms with Gasteiger partial charge < -0.3 is 5.32 Å². The van der Waals surface area contributed by atoms with Crippen LogP contribution in [0.15, 0.2) is 18.3 Å². The van der Waals surface area contributed by atoms with Gasteiger partial charge in [-0.05, 0) is 49.6 Å². The van der Waals surface area contributed by atoms with Crippen molar-refractivity contribution in [1.29, 1.82) is 0 Å². The third-order valence-corrected chi connectivity index (χ3v) is 3.13. The SMILES string of the molecule is CSCCCNC(C)c1ccnc(Cl)c1. The van der Waals surface area contributed by atoms with Crippen molar-refractivity contribution in [1.82, 2.24) is 10.3 Å². The number of hydrogen-bond donors (Lipinski definition) is 1. The van der Waals surface area contributed by atoms with Gasteiger partial charge in [0.05, 0.1) is 0 Å². The molecule has 1 atom stereocenters. The number of aromatic nitrogens is 1. The van der Waals surface area contributed by atoms with Crippen LogP contribution in [-0.4, -0.2) is 23.5 Å². The van der Waals surface area contributed by atoms with Crippen LogP contribution in [0.2, 0.25) is 5.15 Å². The molecule has 1 aromatic heterocycles. The zero-order valence-corrected chi connectivity index (χ0v) is 10.7. The van der Waals surface area contributed by atoms with E-state index in [9.17, 15) is 0 Å². The van der Waals surface area contributed by atoms with Crippen molar-refractivity contribution in [3.05, 3.63) is 29.0 Å². The Morgan fingerprint density at radius 3 is 3.07 bits per heavy atom. The predicted octanol–water partition coefficient (Wildman–Crippen LogP) is 3.14. The van der Waals surface area contributed by atoms with E-state index < -0.39 is 0 Å². The summed E-state index contributed by atoms with van der Waals surface area (Å²) in [6.45, 7) is 3.19. The first-order valence-corrected chi connectivity index (χ1v) is 6.85. The zero-order valence-electron chi connectivity index (χ0n) is 9.16. The van der Waals surface area contributed by atoms with E-state index >= 15 is 0 Å². The standard InChI is InChI=1S/C11H17ClN2S/c1-9(13-5-3-7-15-2)10-4-6-14-11(12)8-10/h4,6,8-9,13H,3,5,7H2,1-2H3. The van der Waals surface area contributed by atoms with Gasteiger partial charge in [-0.3, -0.25) is 0 Å². The van der Waals surface area contributed by atoms with Crippen molar-refractivity contribution < 1.29 is 0 Å². The van der Waals surface area contributed by atoms with Gasteiger partial charge in [0.1, 0.15) is 5.15 Å². The molecule has 0 spiro atoms. The first-order valence-electron chi connectivity index (χ1n) is 5.08. The molecule has 1 N–H and O–H groups in total. The molecule has 1 heterocycles. The van der Waals surface area contributed by atoms with Crippen molar-refractivity contribution in [2.45, 2.75) is 19.4 Å². The van der Waals surface area contributed by atoms with Crippen LogP contribution in [0.1, 0.15) is 24.9 Å². The number of nitrogens with zero attached hydrogens (tertiary/aromatic N) is 1. The van der Waals surface area contributed by atoms with Gasteiger partial charge in [0, 0.05) is 12.2 Å². The number of nitrogens with one attached hydrogen (secondary N) is 1. The molecule has 0 saturated carbocycles. The van der Waals surface area contributed by atoms with Crippen LogP contribution in [0, 0.1) is 0 Å². The Balaban J connectivity index is 2.36. The molecule has 15 heavy (non-hydrogen) atoms. The van der Waals surface area contributed by atoms with Crippen LogP contribution in [0.5, 0.6) is 0 Å². The Kier molecular flexibility index (Phi) is 6.06. The summed E-state index contributed by atoms with van der Waals surface area (Å²) in [5.74, 6) is 1.21. The Morgan fingerprint density at radius 2 is 2.40 bits per heavy atom. The maximum Gasteiger partial charge on any atom is 0.129 e. The van der Waals surface area contributed by atoms with Gasteiger partial charge in [0.2, 0.25) is 0 Å². The second-order valence-corrected chi connectivity index (χ2v) is 4.81. The van der Waals surface area contributed by atoms with E-state index in [1.54, 1.807) is 6.20 Å².